The standard InChI is InChI=1S/C36H38ClF2NO8/c1-35(2,3)48-34(43)40-15-14-27(40)36(21-9-5-4-6-10-21)20-23-26(47-36)19-24(38)31(37)29(23)30-22(33(41)42)12-13-25(32(30)39)44-17-18-46-28-11-7-8-16-45-28/h4-6,9-10,12-13,19,27-28H,7-8,11,14-18,20H2,1-3H3,(H,41,42)/t27-,28?,36-/m0/s1. The topological polar surface area (TPSA) is 104 Å². The van der Waals surface area contributed by atoms with Crippen LogP contribution in [-0.2, 0) is 26.2 Å². The van der Waals surface area contributed by atoms with Crippen molar-refractivity contribution in [2.24, 2.45) is 0 Å². The summed E-state index contributed by atoms with van der Waals surface area (Å²) >= 11 is 6.59. The maximum atomic E-state index is 16.5. The first-order valence-electron chi connectivity index (χ1n) is 16.1. The lowest BCUT2D eigenvalue weighted by Gasteiger charge is -2.50. The zero-order chi connectivity index (χ0) is 34.2. The van der Waals surface area contributed by atoms with Gasteiger partial charge in [-0.2, -0.15) is 0 Å². The van der Waals surface area contributed by atoms with Crippen molar-refractivity contribution in [2.45, 2.75) is 76.4 Å². The highest BCUT2D eigenvalue weighted by molar-refractivity contribution is 6.34. The number of carbonyl (C=O) groups is 2. The third-order valence-electron chi connectivity index (χ3n) is 8.84. The van der Waals surface area contributed by atoms with Gasteiger partial charge in [-0.25, -0.2) is 18.4 Å². The molecule has 3 heterocycles. The highest BCUT2D eigenvalue weighted by Crippen LogP contribution is 2.54. The van der Waals surface area contributed by atoms with Gasteiger partial charge in [0.05, 0.1) is 23.2 Å². The molecule has 0 bridgehead atoms. The molecule has 0 spiro atoms. The first kappa shape index (κ1) is 34.0. The smallest absolute Gasteiger partial charge is 0.410 e. The third kappa shape index (κ3) is 6.55. The first-order chi connectivity index (χ1) is 22.9. The molecule has 1 unspecified atom stereocenters. The van der Waals surface area contributed by atoms with E-state index in [1.54, 1.807) is 25.7 Å². The number of amides is 1. The largest absolute Gasteiger partial charge is 0.488 e. The molecule has 0 saturated carbocycles. The van der Waals surface area contributed by atoms with E-state index in [1.807, 2.05) is 30.3 Å². The molecule has 0 radical (unpaired) electrons. The summed E-state index contributed by atoms with van der Waals surface area (Å²) in [6.45, 7) is 6.40. The molecular formula is C36H38ClF2NO8. The molecule has 1 amide bonds. The van der Waals surface area contributed by atoms with Gasteiger partial charge in [0.15, 0.2) is 23.5 Å². The third-order valence-corrected chi connectivity index (χ3v) is 9.21. The molecule has 9 nitrogen and oxygen atoms in total. The van der Waals surface area contributed by atoms with Crippen LogP contribution in [0.4, 0.5) is 13.6 Å². The summed E-state index contributed by atoms with van der Waals surface area (Å²) in [5, 5.41) is 9.68. The number of hydrogen-bond acceptors (Lipinski definition) is 7. The van der Waals surface area contributed by atoms with Gasteiger partial charge in [-0.15, -0.1) is 0 Å². The molecule has 12 heteroatoms. The van der Waals surface area contributed by atoms with Crippen molar-refractivity contribution in [3.05, 3.63) is 81.9 Å². The van der Waals surface area contributed by atoms with Crippen molar-refractivity contribution >= 4 is 23.7 Å². The van der Waals surface area contributed by atoms with Gasteiger partial charge in [0, 0.05) is 42.3 Å². The fourth-order valence-electron chi connectivity index (χ4n) is 6.60. The highest BCUT2D eigenvalue weighted by atomic mass is 35.5. The number of benzene rings is 3. The Morgan fingerprint density at radius 1 is 1.06 bits per heavy atom. The molecule has 3 aromatic rings. The van der Waals surface area contributed by atoms with E-state index in [1.165, 1.54) is 12.1 Å². The Labute approximate surface area is 282 Å². The van der Waals surface area contributed by atoms with Crippen molar-refractivity contribution in [1.29, 1.82) is 0 Å². The summed E-state index contributed by atoms with van der Waals surface area (Å²) in [6.07, 6.45) is 2.38. The van der Waals surface area contributed by atoms with Crippen LogP contribution in [0.3, 0.4) is 0 Å². The van der Waals surface area contributed by atoms with Crippen molar-refractivity contribution in [3.8, 4) is 22.6 Å². The summed E-state index contributed by atoms with van der Waals surface area (Å²) in [5.74, 6) is -3.56. The summed E-state index contributed by atoms with van der Waals surface area (Å²) in [6, 6.07) is 12.1. The zero-order valence-corrected chi connectivity index (χ0v) is 27.8. The minimum absolute atomic E-state index is 0.0322. The summed E-state index contributed by atoms with van der Waals surface area (Å²) in [7, 11) is 0. The van der Waals surface area contributed by atoms with Gasteiger partial charge in [-0.3, -0.25) is 0 Å². The molecule has 2 saturated heterocycles. The fraction of sp³-hybridized carbons (Fsp3) is 0.444. The number of likely N-dealkylation sites (tertiary alicyclic amines) is 1. The van der Waals surface area contributed by atoms with Crippen LogP contribution in [0, 0.1) is 11.6 Å². The Morgan fingerprint density at radius 2 is 1.83 bits per heavy atom. The number of ether oxygens (including phenoxy) is 5. The van der Waals surface area contributed by atoms with Gasteiger partial charge in [-0.1, -0.05) is 41.9 Å². The molecule has 2 fully saturated rings. The number of carboxylic acid groups (broad SMARTS) is 1. The predicted octanol–water partition coefficient (Wildman–Crippen LogP) is 7.75. The van der Waals surface area contributed by atoms with E-state index in [2.05, 4.69) is 0 Å². The Hall–Kier alpha value is -3.93. The quantitative estimate of drug-likeness (QED) is 0.228. The molecule has 3 atom stereocenters. The monoisotopic (exact) mass is 685 g/mol. The van der Waals surface area contributed by atoms with E-state index in [4.69, 9.17) is 35.3 Å². The van der Waals surface area contributed by atoms with Gasteiger partial charge in [0.2, 0.25) is 0 Å². The molecular weight excluding hydrogens is 648 g/mol. The second kappa shape index (κ2) is 13.5. The van der Waals surface area contributed by atoms with Crippen LogP contribution in [0.2, 0.25) is 5.02 Å². The predicted molar refractivity (Wildman–Crippen MR) is 173 cm³/mol. The average Bonchev–Trinajstić information content (AvgIpc) is 3.39. The van der Waals surface area contributed by atoms with E-state index in [-0.39, 0.29) is 43.0 Å². The summed E-state index contributed by atoms with van der Waals surface area (Å²) in [4.78, 5) is 27.3. The number of rotatable bonds is 9. The lowest BCUT2D eigenvalue weighted by molar-refractivity contribution is -0.165. The number of halogens is 3. The van der Waals surface area contributed by atoms with Crippen molar-refractivity contribution in [1.82, 2.24) is 4.90 Å². The lowest BCUT2D eigenvalue weighted by Crippen LogP contribution is -2.63. The molecule has 1 N–H and O–H groups in total. The normalized spacial score (nSPS) is 22.0. The zero-order valence-electron chi connectivity index (χ0n) is 27.0. The van der Waals surface area contributed by atoms with Crippen molar-refractivity contribution in [2.75, 3.05) is 26.4 Å². The van der Waals surface area contributed by atoms with E-state index >= 15 is 8.78 Å². The number of aromatic carboxylic acids is 1. The van der Waals surface area contributed by atoms with Crippen LogP contribution in [-0.4, -0.2) is 66.4 Å². The fourth-order valence-corrected chi connectivity index (χ4v) is 6.86. The van der Waals surface area contributed by atoms with E-state index in [0.717, 1.165) is 25.3 Å². The summed E-state index contributed by atoms with van der Waals surface area (Å²) in [5.41, 5.74) is -2.00. The van der Waals surface area contributed by atoms with Gasteiger partial charge in [-0.05, 0) is 64.2 Å². The maximum absolute atomic E-state index is 16.5. The first-order valence-corrected chi connectivity index (χ1v) is 16.4. The SMILES string of the molecule is CC(C)(C)OC(=O)N1CC[C@H]1[C@@]1(c2ccccc2)Cc2c(cc(F)c(Cl)c2-c2c(C(=O)O)ccc(OCCOC3CCCCO3)c2F)O1. The Kier molecular flexibility index (Phi) is 9.57. The van der Waals surface area contributed by atoms with Crippen LogP contribution in [0.25, 0.3) is 11.1 Å². The number of hydrogen-bond donors (Lipinski definition) is 1. The van der Waals surface area contributed by atoms with Crippen molar-refractivity contribution < 1.29 is 47.2 Å². The van der Waals surface area contributed by atoms with Gasteiger partial charge >= 0.3 is 12.1 Å². The number of nitrogens with zero attached hydrogens (tertiary/aromatic N) is 1. The van der Waals surface area contributed by atoms with Crippen LogP contribution in [0.5, 0.6) is 11.5 Å². The van der Waals surface area contributed by atoms with Crippen LogP contribution < -0.4 is 9.47 Å². The second-order valence-electron chi connectivity index (χ2n) is 13.2. The van der Waals surface area contributed by atoms with Crippen LogP contribution >= 0.6 is 11.6 Å². The van der Waals surface area contributed by atoms with Gasteiger partial charge in [0.1, 0.15) is 23.8 Å². The summed E-state index contributed by atoms with van der Waals surface area (Å²) < 4.78 is 61.3. The maximum Gasteiger partial charge on any atom is 0.410 e. The lowest BCUT2D eigenvalue weighted by atomic mass is 9.76. The second-order valence-corrected chi connectivity index (χ2v) is 13.5. The molecule has 6 rings (SSSR count). The van der Waals surface area contributed by atoms with Gasteiger partial charge in [0.25, 0.3) is 0 Å². The minimum Gasteiger partial charge on any atom is -0.488 e. The molecule has 0 aromatic heterocycles. The molecule has 3 aliphatic rings. The van der Waals surface area contributed by atoms with E-state index < -0.39 is 57.1 Å². The number of fused-ring (bicyclic) bond motifs is 1. The van der Waals surface area contributed by atoms with Gasteiger partial charge < -0.3 is 33.7 Å². The van der Waals surface area contributed by atoms with Crippen LogP contribution in [0.15, 0.2) is 48.5 Å². The highest BCUT2D eigenvalue weighted by Gasteiger charge is 2.56. The molecule has 3 aliphatic heterocycles. The number of carboxylic acids is 1. The average molecular weight is 686 g/mol. The molecule has 256 valence electrons. The Bertz CT molecular complexity index is 1690. The van der Waals surface area contributed by atoms with E-state index in [0.29, 0.717) is 30.7 Å². The van der Waals surface area contributed by atoms with Crippen molar-refractivity contribution in [3.63, 3.8) is 0 Å². The molecule has 48 heavy (non-hydrogen) atoms. The Morgan fingerprint density at radius 3 is 2.48 bits per heavy atom. The van der Waals surface area contributed by atoms with E-state index in [9.17, 15) is 14.7 Å². The molecule has 0 aliphatic carbocycles. The van der Waals surface area contributed by atoms with Crippen LogP contribution in [0.1, 0.15) is 67.9 Å². The minimum atomic E-state index is -1.44. The molecule has 3 aromatic carbocycles. The number of carbonyl (C=O) groups excluding carboxylic acids is 1. The Balaban J connectivity index is 1.39.